The van der Waals surface area contributed by atoms with E-state index < -0.39 is 0 Å². The number of carbonyl (C=O) groups excluding carboxylic acids is 2. The summed E-state index contributed by atoms with van der Waals surface area (Å²) in [5.41, 5.74) is 2.72. The van der Waals surface area contributed by atoms with Crippen molar-refractivity contribution in [2.75, 3.05) is 13.1 Å². The summed E-state index contributed by atoms with van der Waals surface area (Å²) in [6.07, 6.45) is 1.96. The first kappa shape index (κ1) is 18.6. The predicted octanol–water partition coefficient (Wildman–Crippen LogP) is 5.14. The fourth-order valence-electron chi connectivity index (χ4n) is 4.22. The lowest BCUT2D eigenvalue weighted by molar-refractivity contribution is 0.0813. The van der Waals surface area contributed by atoms with Gasteiger partial charge in [-0.1, -0.05) is 60.7 Å². The molecule has 0 spiro atoms. The van der Waals surface area contributed by atoms with Gasteiger partial charge in [0, 0.05) is 30.1 Å². The smallest absolute Gasteiger partial charge is 0.167 e. The molecule has 0 aliphatic carbocycles. The molecule has 0 aromatic heterocycles. The molecule has 0 amide bonds. The van der Waals surface area contributed by atoms with Crippen molar-refractivity contribution in [3.63, 3.8) is 0 Å². The summed E-state index contributed by atoms with van der Waals surface area (Å²) >= 11 is 0. The van der Waals surface area contributed by atoms with Crippen LogP contribution in [-0.2, 0) is 6.54 Å². The molecular formula is C25H25NO2. The Morgan fingerprint density at radius 1 is 1.00 bits per heavy atom. The van der Waals surface area contributed by atoms with Crippen molar-refractivity contribution >= 4 is 22.3 Å². The second-order valence-corrected chi connectivity index (χ2v) is 7.72. The Kier molecular flexibility index (Phi) is 5.36. The van der Waals surface area contributed by atoms with E-state index in [1.165, 1.54) is 0 Å². The van der Waals surface area contributed by atoms with Crippen LogP contribution in [0.1, 0.15) is 46.0 Å². The minimum atomic E-state index is 0.0237. The van der Waals surface area contributed by atoms with Crippen LogP contribution in [0.3, 0.4) is 0 Å². The molecule has 1 aliphatic rings. The maximum Gasteiger partial charge on any atom is 0.167 e. The molecule has 142 valence electrons. The van der Waals surface area contributed by atoms with Gasteiger partial charge in [0.2, 0.25) is 0 Å². The van der Waals surface area contributed by atoms with E-state index in [0.717, 1.165) is 59.9 Å². The molecule has 1 aliphatic heterocycles. The van der Waals surface area contributed by atoms with Crippen molar-refractivity contribution in [3.8, 4) is 0 Å². The Bertz CT molecular complexity index is 1020. The van der Waals surface area contributed by atoms with Crippen molar-refractivity contribution in [3.05, 3.63) is 83.4 Å². The van der Waals surface area contributed by atoms with E-state index in [1.54, 1.807) is 6.92 Å². The third kappa shape index (κ3) is 3.90. The Balaban J connectivity index is 1.51. The van der Waals surface area contributed by atoms with Gasteiger partial charge in [-0.15, -0.1) is 0 Å². The molecule has 1 atom stereocenters. The molecule has 3 nitrogen and oxygen atoms in total. The van der Waals surface area contributed by atoms with Gasteiger partial charge in [-0.2, -0.15) is 0 Å². The minimum Gasteiger partial charge on any atom is -0.298 e. The van der Waals surface area contributed by atoms with Crippen molar-refractivity contribution in [2.45, 2.75) is 26.3 Å². The standard InChI is InChI=1S/C25H25NO2/c1-18(27)21-10-4-7-19(15-21)16-26-14-6-11-22(17-26)25(28)24-13-5-9-20-8-2-3-12-23(20)24/h2-5,7-10,12-13,15,22H,6,11,14,16-17H2,1H3/t22-/m1/s1. The van der Waals surface area contributed by atoms with Crippen molar-refractivity contribution < 1.29 is 9.59 Å². The molecular weight excluding hydrogens is 346 g/mol. The Labute approximate surface area is 166 Å². The lowest BCUT2D eigenvalue weighted by Crippen LogP contribution is -2.38. The van der Waals surface area contributed by atoms with Gasteiger partial charge in [0.15, 0.2) is 11.6 Å². The van der Waals surface area contributed by atoms with Crippen LogP contribution in [0.2, 0.25) is 0 Å². The van der Waals surface area contributed by atoms with E-state index in [1.807, 2.05) is 48.5 Å². The minimum absolute atomic E-state index is 0.0237. The van der Waals surface area contributed by atoms with E-state index in [2.05, 4.69) is 23.1 Å². The molecule has 0 unspecified atom stereocenters. The number of fused-ring (bicyclic) bond motifs is 1. The van der Waals surface area contributed by atoms with E-state index >= 15 is 0 Å². The monoisotopic (exact) mass is 371 g/mol. The van der Waals surface area contributed by atoms with E-state index in [4.69, 9.17) is 0 Å². The van der Waals surface area contributed by atoms with Crippen LogP contribution in [0, 0.1) is 5.92 Å². The van der Waals surface area contributed by atoms with Gasteiger partial charge < -0.3 is 0 Å². The van der Waals surface area contributed by atoms with Crippen molar-refractivity contribution in [1.29, 1.82) is 0 Å². The number of likely N-dealkylation sites (tertiary alicyclic amines) is 1. The van der Waals surface area contributed by atoms with Crippen LogP contribution in [0.4, 0.5) is 0 Å². The molecule has 3 heteroatoms. The summed E-state index contributed by atoms with van der Waals surface area (Å²) in [5, 5.41) is 2.16. The quantitative estimate of drug-likeness (QED) is 0.583. The Hall–Kier alpha value is -2.78. The number of nitrogens with zero attached hydrogens (tertiary/aromatic N) is 1. The summed E-state index contributed by atoms with van der Waals surface area (Å²) in [5.74, 6) is 0.360. The highest BCUT2D eigenvalue weighted by atomic mass is 16.1. The predicted molar refractivity (Wildman–Crippen MR) is 113 cm³/mol. The molecule has 3 aromatic carbocycles. The van der Waals surface area contributed by atoms with Gasteiger partial charge in [0.05, 0.1) is 0 Å². The SMILES string of the molecule is CC(=O)c1cccc(CN2CCC[C@@H](C(=O)c3cccc4ccccc34)C2)c1. The number of hydrogen-bond donors (Lipinski definition) is 0. The van der Waals surface area contributed by atoms with Gasteiger partial charge in [-0.05, 0) is 48.7 Å². The fourth-order valence-corrected chi connectivity index (χ4v) is 4.22. The number of hydrogen-bond acceptors (Lipinski definition) is 3. The molecule has 1 saturated heterocycles. The molecule has 0 radical (unpaired) electrons. The van der Waals surface area contributed by atoms with E-state index in [0.29, 0.717) is 0 Å². The van der Waals surface area contributed by atoms with Crippen LogP contribution in [0.25, 0.3) is 10.8 Å². The normalized spacial score (nSPS) is 17.5. The first-order valence-electron chi connectivity index (χ1n) is 9.96. The summed E-state index contributed by atoms with van der Waals surface area (Å²) in [6, 6.07) is 21.9. The van der Waals surface area contributed by atoms with Crippen LogP contribution in [-0.4, -0.2) is 29.6 Å². The third-order valence-electron chi connectivity index (χ3n) is 5.67. The number of benzene rings is 3. The third-order valence-corrected chi connectivity index (χ3v) is 5.67. The number of rotatable bonds is 5. The van der Waals surface area contributed by atoms with Crippen LogP contribution < -0.4 is 0 Å². The molecule has 0 N–H and O–H groups in total. The van der Waals surface area contributed by atoms with Crippen LogP contribution >= 0.6 is 0 Å². The lowest BCUT2D eigenvalue weighted by atomic mass is 9.88. The van der Waals surface area contributed by atoms with Crippen molar-refractivity contribution in [2.24, 2.45) is 5.92 Å². The van der Waals surface area contributed by atoms with Gasteiger partial charge in [-0.3, -0.25) is 14.5 Å². The highest BCUT2D eigenvalue weighted by Gasteiger charge is 2.27. The average Bonchev–Trinajstić information content (AvgIpc) is 2.73. The average molecular weight is 371 g/mol. The largest absolute Gasteiger partial charge is 0.298 e. The second kappa shape index (κ2) is 8.07. The van der Waals surface area contributed by atoms with E-state index in [-0.39, 0.29) is 17.5 Å². The zero-order valence-electron chi connectivity index (χ0n) is 16.2. The molecule has 3 aromatic rings. The maximum absolute atomic E-state index is 13.3. The summed E-state index contributed by atoms with van der Waals surface area (Å²) in [4.78, 5) is 27.3. The summed E-state index contributed by atoms with van der Waals surface area (Å²) in [7, 11) is 0. The topological polar surface area (TPSA) is 37.4 Å². The number of ketones is 2. The highest BCUT2D eigenvalue weighted by Crippen LogP contribution is 2.26. The summed E-state index contributed by atoms with van der Waals surface area (Å²) < 4.78 is 0. The van der Waals surface area contributed by atoms with Gasteiger partial charge in [0.25, 0.3) is 0 Å². The molecule has 4 rings (SSSR count). The summed E-state index contributed by atoms with van der Waals surface area (Å²) in [6.45, 7) is 4.13. The van der Waals surface area contributed by atoms with Gasteiger partial charge in [0.1, 0.15) is 0 Å². The van der Waals surface area contributed by atoms with Crippen LogP contribution in [0.15, 0.2) is 66.7 Å². The fraction of sp³-hybridized carbons (Fsp3) is 0.280. The molecule has 1 fully saturated rings. The van der Waals surface area contributed by atoms with Gasteiger partial charge in [-0.25, -0.2) is 0 Å². The lowest BCUT2D eigenvalue weighted by Gasteiger charge is -2.32. The second-order valence-electron chi connectivity index (χ2n) is 7.72. The maximum atomic E-state index is 13.3. The first-order valence-corrected chi connectivity index (χ1v) is 9.96. The van der Waals surface area contributed by atoms with Gasteiger partial charge >= 0.3 is 0 Å². The first-order chi connectivity index (χ1) is 13.6. The highest BCUT2D eigenvalue weighted by molar-refractivity contribution is 6.09. The Morgan fingerprint density at radius 3 is 2.64 bits per heavy atom. The van der Waals surface area contributed by atoms with Crippen LogP contribution in [0.5, 0.6) is 0 Å². The zero-order valence-corrected chi connectivity index (χ0v) is 16.2. The molecule has 0 saturated carbocycles. The van der Waals surface area contributed by atoms with E-state index in [9.17, 15) is 9.59 Å². The molecule has 0 bridgehead atoms. The molecule has 28 heavy (non-hydrogen) atoms. The Morgan fingerprint density at radius 2 is 1.79 bits per heavy atom. The number of Topliss-reactive ketones (excluding diaryl/α,β-unsaturated/α-hetero) is 2. The number of carbonyl (C=O) groups is 2. The number of piperidine rings is 1. The van der Waals surface area contributed by atoms with Crippen molar-refractivity contribution in [1.82, 2.24) is 4.90 Å². The molecule has 1 heterocycles. The zero-order chi connectivity index (χ0) is 19.5.